The highest BCUT2D eigenvalue weighted by molar-refractivity contribution is 7.99. The van der Waals surface area contributed by atoms with Crippen LogP contribution >= 0.6 is 11.8 Å². The molecule has 0 bridgehead atoms. The summed E-state index contributed by atoms with van der Waals surface area (Å²) >= 11 is 1.77. The topological polar surface area (TPSA) is 21.3 Å². The second kappa shape index (κ2) is 5.87. The second-order valence-electron chi connectivity index (χ2n) is 5.97. The number of anilines is 2. The summed E-state index contributed by atoms with van der Waals surface area (Å²) in [7, 11) is 0. The maximum Gasteiger partial charge on any atom is 0.143 e. The van der Waals surface area contributed by atoms with Gasteiger partial charge in [0.25, 0.3) is 0 Å². The van der Waals surface area contributed by atoms with E-state index in [9.17, 15) is 0 Å². The van der Waals surface area contributed by atoms with Crippen molar-refractivity contribution in [3.8, 4) is 11.5 Å². The molecule has 1 aliphatic heterocycles. The Kier molecular flexibility index (Phi) is 3.39. The van der Waals surface area contributed by atoms with Crippen molar-refractivity contribution >= 4 is 33.9 Å². The standard InChI is InChI=1S/C22H15NOS/c1-2-7-16(8-3-1)23-17-11-13-21-20(14-17)24-19-12-10-15-6-4-5-9-18(15)22(19)25-21/h1-14,23H. The van der Waals surface area contributed by atoms with E-state index in [1.54, 1.807) is 11.8 Å². The third-order valence-corrected chi connectivity index (χ3v) is 5.46. The number of para-hydroxylation sites is 1. The molecule has 3 heteroatoms. The lowest BCUT2D eigenvalue weighted by Gasteiger charge is -2.22. The van der Waals surface area contributed by atoms with E-state index in [-0.39, 0.29) is 0 Å². The van der Waals surface area contributed by atoms with Crippen LogP contribution in [0.5, 0.6) is 11.5 Å². The van der Waals surface area contributed by atoms with Gasteiger partial charge in [0.2, 0.25) is 0 Å². The Balaban J connectivity index is 1.51. The second-order valence-corrected chi connectivity index (χ2v) is 7.02. The molecule has 1 N–H and O–H groups in total. The monoisotopic (exact) mass is 341 g/mol. The summed E-state index contributed by atoms with van der Waals surface area (Å²) < 4.78 is 6.20. The van der Waals surface area contributed by atoms with Crippen LogP contribution in [0.25, 0.3) is 10.8 Å². The molecule has 2 nitrogen and oxygen atoms in total. The smallest absolute Gasteiger partial charge is 0.143 e. The number of ether oxygens (including phenoxy) is 1. The van der Waals surface area contributed by atoms with Gasteiger partial charge in [0.1, 0.15) is 11.5 Å². The van der Waals surface area contributed by atoms with E-state index >= 15 is 0 Å². The average molecular weight is 341 g/mol. The van der Waals surface area contributed by atoms with Gasteiger partial charge in [-0.2, -0.15) is 0 Å². The van der Waals surface area contributed by atoms with E-state index in [4.69, 9.17) is 4.74 Å². The summed E-state index contributed by atoms with van der Waals surface area (Å²) in [5.74, 6) is 1.82. The van der Waals surface area contributed by atoms with Gasteiger partial charge in [-0.15, -0.1) is 0 Å². The van der Waals surface area contributed by atoms with Crippen LogP contribution in [0.3, 0.4) is 0 Å². The highest BCUT2D eigenvalue weighted by atomic mass is 32.2. The maximum atomic E-state index is 6.20. The molecule has 1 aliphatic rings. The third-order valence-electron chi connectivity index (χ3n) is 4.28. The largest absolute Gasteiger partial charge is 0.455 e. The van der Waals surface area contributed by atoms with Crippen LogP contribution in [0.15, 0.2) is 94.7 Å². The fraction of sp³-hybridized carbons (Fsp3) is 0. The first-order chi connectivity index (χ1) is 12.4. The van der Waals surface area contributed by atoms with E-state index in [2.05, 4.69) is 72.0 Å². The van der Waals surface area contributed by atoms with E-state index in [1.807, 2.05) is 18.2 Å². The summed E-state index contributed by atoms with van der Waals surface area (Å²) in [5.41, 5.74) is 2.09. The first-order valence-electron chi connectivity index (χ1n) is 8.20. The van der Waals surface area contributed by atoms with Crippen LogP contribution < -0.4 is 10.1 Å². The molecule has 5 rings (SSSR count). The van der Waals surface area contributed by atoms with Gasteiger partial charge in [0, 0.05) is 17.4 Å². The fourth-order valence-electron chi connectivity index (χ4n) is 3.08. The highest BCUT2D eigenvalue weighted by Gasteiger charge is 2.20. The van der Waals surface area contributed by atoms with Crippen molar-refractivity contribution < 1.29 is 4.74 Å². The molecule has 0 spiro atoms. The Morgan fingerprint density at radius 3 is 2.44 bits per heavy atom. The molecule has 0 aromatic heterocycles. The number of fused-ring (bicyclic) bond motifs is 4. The summed E-state index contributed by atoms with van der Waals surface area (Å²) in [6, 6.07) is 29.1. The molecular weight excluding hydrogens is 326 g/mol. The minimum atomic E-state index is 0.897. The molecule has 0 saturated heterocycles. The minimum Gasteiger partial charge on any atom is -0.455 e. The Morgan fingerprint density at radius 2 is 1.52 bits per heavy atom. The third kappa shape index (κ3) is 2.63. The van der Waals surface area contributed by atoms with Gasteiger partial charge in [-0.25, -0.2) is 0 Å². The van der Waals surface area contributed by atoms with Gasteiger partial charge in [0.05, 0.1) is 9.79 Å². The van der Waals surface area contributed by atoms with Gasteiger partial charge in [-0.05, 0) is 41.1 Å². The Hall–Kier alpha value is -2.91. The first kappa shape index (κ1) is 14.4. The van der Waals surface area contributed by atoms with Crippen molar-refractivity contribution in [2.75, 3.05) is 5.32 Å². The minimum absolute atomic E-state index is 0.897. The molecule has 0 radical (unpaired) electrons. The van der Waals surface area contributed by atoms with Gasteiger partial charge >= 0.3 is 0 Å². The lowest BCUT2D eigenvalue weighted by molar-refractivity contribution is 0.456. The van der Waals surface area contributed by atoms with Gasteiger partial charge in [-0.3, -0.25) is 0 Å². The van der Waals surface area contributed by atoms with E-state index in [1.165, 1.54) is 15.7 Å². The van der Waals surface area contributed by atoms with Crippen molar-refractivity contribution in [1.82, 2.24) is 0 Å². The van der Waals surface area contributed by atoms with E-state index in [0.29, 0.717) is 0 Å². The maximum absolute atomic E-state index is 6.20. The summed E-state index contributed by atoms with van der Waals surface area (Å²) in [6.07, 6.45) is 0. The molecular formula is C22H15NOS. The van der Waals surface area contributed by atoms with Crippen LogP contribution in [0.4, 0.5) is 11.4 Å². The molecule has 0 atom stereocenters. The number of hydrogen-bond donors (Lipinski definition) is 1. The highest BCUT2D eigenvalue weighted by Crippen LogP contribution is 2.50. The zero-order chi connectivity index (χ0) is 16.6. The van der Waals surface area contributed by atoms with Gasteiger partial charge in [0.15, 0.2) is 0 Å². The summed E-state index contributed by atoms with van der Waals surface area (Å²) in [4.78, 5) is 2.33. The van der Waals surface area contributed by atoms with Crippen molar-refractivity contribution in [3.05, 3.63) is 84.9 Å². The first-order valence-corrected chi connectivity index (χ1v) is 9.02. The van der Waals surface area contributed by atoms with Gasteiger partial charge in [-0.1, -0.05) is 60.3 Å². The molecule has 120 valence electrons. The number of nitrogens with one attached hydrogen (secondary N) is 1. The Labute approximate surface area is 150 Å². The Bertz CT molecular complexity index is 1080. The molecule has 25 heavy (non-hydrogen) atoms. The SMILES string of the molecule is c1ccc(Nc2ccc3c(c2)Oc2ccc4ccccc4c2S3)cc1. The van der Waals surface area contributed by atoms with Crippen molar-refractivity contribution in [3.63, 3.8) is 0 Å². The van der Waals surface area contributed by atoms with Crippen LogP contribution in [-0.2, 0) is 0 Å². The molecule has 0 unspecified atom stereocenters. The molecule has 0 fully saturated rings. The zero-order valence-electron chi connectivity index (χ0n) is 13.4. The number of hydrogen-bond acceptors (Lipinski definition) is 3. The molecule has 1 heterocycles. The lowest BCUT2D eigenvalue weighted by atomic mass is 10.1. The average Bonchev–Trinajstić information content (AvgIpc) is 2.67. The summed E-state index contributed by atoms with van der Waals surface area (Å²) in [6.45, 7) is 0. The van der Waals surface area contributed by atoms with Crippen molar-refractivity contribution in [1.29, 1.82) is 0 Å². The molecule has 4 aromatic rings. The van der Waals surface area contributed by atoms with E-state index in [0.717, 1.165) is 27.8 Å². The summed E-state index contributed by atoms with van der Waals surface area (Å²) in [5, 5.41) is 5.90. The zero-order valence-corrected chi connectivity index (χ0v) is 14.2. The normalized spacial score (nSPS) is 12.2. The lowest BCUT2D eigenvalue weighted by Crippen LogP contribution is -1.97. The van der Waals surface area contributed by atoms with Crippen molar-refractivity contribution in [2.45, 2.75) is 9.79 Å². The predicted octanol–water partition coefficient (Wildman–Crippen LogP) is 6.84. The molecule has 4 aromatic carbocycles. The quantitative estimate of drug-likeness (QED) is 0.380. The van der Waals surface area contributed by atoms with Crippen LogP contribution in [0.2, 0.25) is 0 Å². The molecule has 0 amide bonds. The van der Waals surface area contributed by atoms with Crippen LogP contribution in [0.1, 0.15) is 0 Å². The van der Waals surface area contributed by atoms with Gasteiger partial charge < -0.3 is 10.1 Å². The van der Waals surface area contributed by atoms with Crippen molar-refractivity contribution in [2.24, 2.45) is 0 Å². The predicted molar refractivity (Wildman–Crippen MR) is 104 cm³/mol. The number of benzene rings is 4. The van der Waals surface area contributed by atoms with Crippen LogP contribution in [0, 0.1) is 0 Å². The fourth-order valence-corrected chi connectivity index (χ4v) is 4.14. The molecule has 0 saturated carbocycles. The number of rotatable bonds is 2. The van der Waals surface area contributed by atoms with Crippen LogP contribution in [-0.4, -0.2) is 0 Å². The molecule has 0 aliphatic carbocycles. The van der Waals surface area contributed by atoms with E-state index < -0.39 is 0 Å². The Morgan fingerprint density at radius 1 is 0.680 bits per heavy atom.